The van der Waals surface area contributed by atoms with Crippen molar-refractivity contribution in [1.29, 1.82) is 0 Å². The number of nitrogens with one attached hydrogen (secondary N) is 1. The van der Waals surface area contributed by atoms with Crippen LogP contribution in [-0.2, 0) is 21.9 Å². The highest BCUT2D eigenvalue weighted by Gasteiger charge is 2.19. The molecule has 3 N–H and O–H groups in total. The Hall–Kier alpha value is -2.62. The van der Waals surface area contributed by atoms with Crippen molar-refractivity contribution in [2.45, 2.75) is 22.2 Å². The fourth-order valence-electron chi connectivity index (χ4n) is 2.56. The number of carbonyl (C=O) groups is 1. The Labute approximate surface area is 168 Å². The predicted octanol–water partition coefficient (Wildman–Crippen LogP) is 2.85. The van der Waals surface area contributed by atoms with Gasteiger partial charge < -0.3 is 9.88 Å². The quantitative estimate of drug-likeness (QED) is 0.601. The Balaban J connectivity index is 1.67. The highest BCUT2D eigenvalue weighted by atomic mass is 32.2. The number of hydrogen-bond donors (Lipinski definition) is 2. The summed E-state index contributed by atoms with van der Waals surface area (Å²) in [6.07, 6.45) is 1.79. The summed E-state index contributed by atoms with van der Waals surface area (Å²) in [7, 11) is -1.85. The monoisotopic (exact) mass is 416 g/mol. The number of nitrogens with two attached hydrogens (primary N) is 1. The van der Waals surface area contributed by atoms with E-state index in [1.165, 1.54) is 36.0 Å². The van der Waals surface area contributed by atoms with E-state index in [1.54, 1.807) is 13.1 Å². The Morgan fingerprint density at radius 1 is 1.14 bits per heavy atom. The van der Waals surface area contributed by atoms with E-state index >= 15 is 0 Å². The van der Waals surface area contributed by atoms with Crippen molar-refractivity contribution < 1.29 is 13.2 Å². The van der Waals surface area contributed by atoms with Crippen LogP contribution in [0.15, 0.2) is 70.8 Å². The van der Waals surface area contributed by atoms with Crippen molar-refractivity contribution in [2.75, 3.05) is 5.32 Å². The van der Waals surface area contributed by atoms with E-state index in [9.17, 15) is 13.2 Å². The van der Waals surface area contributed by atoms with Crippen LogP contribution in [0, 0.1) is 0 Å². The summed E-state index contributed by atoms with van der Waals surface area (Å²) in [6, 6.07) is 15.6. The summed E-state index contributed by atoms with van der Waals surface area (Å²) in [4.78, 5) is 16.9. The van der Waals surface area contributed by atoms with Crippen LogP contribution in [0.1, 0.15) is 6.92 Å². The van der Waals surface area contributed by atoms with E-state index in [1.807, 2.05) is 41.9 Å². The number of anilines is 1. The molecule has 1 amide bonds. The van der Waals surface area contributed by atoms with Crippen molar-refractivity contribution in [2.24, 2.45) is 12.2 Å². The lowest BCUT2D eigenvalue weighted by molar-refractivity contribution is -0.115. The minimum atomic E-state index is -3.76. The van der Waals surface area contributed by atoms with Crippen LogP contribution < -0.4 is 10.5 Å². The molecule has 0 aliphatic heterocycles. The van der Waals surface area contributed by atoms with E-state index in [-0.39, 0.29) is 10.8 Å². The van der Waals surface area contributed by atoms with Crippen molar-refractivity contribution in [3.8, 4) is 11.3 Å². The first kappa shape index (κ1) is 20.1. The minimum absolute atomic E-state index is 0.00521. The number of amides is 1. The first-order valence-corrected chi connectivity index (χ1v) is 10.9. The van der Waals surface area contributed by atoms with Crippen molar-refractivity contribution in [3.63, 3.8) is 0 Å². The molecule has 0 bridgehead atoms. The SMILES string of the molecule is C[C@H](Sc1ncc(-c2ccccc2)n1C)C(=O)Nc1ccc(S(N)(=O)=O)cc1. The summed E-state index contributed by atoms with van der Waals surface area (Å²) >= 11 is 1.34. The van der Waals surface area contributed by atoms with Crippen molar-refractivity contribution >= 4 is 33.4 Å². The number of primary sulfonamides is 1. The molecule has 0 aliphatic carbocycles. The molecule has 0 spiro atoms. The lowest BCUT2D eigenvalue weighted by Gasteiger charge is -2.12. The Morgan fingerprint density at radius 2 is 1.79 bits per heavy atom. The molecule has 0 fully saturated rings. The molecule has 3 aromatic rings. The molecule has 7 nitrogen and oxygen atoms in total. The molecule has 9 heteroatoms. The summed E-state index contributed by atoms with van der Waals surface area (Å²) < 4.78 is 24.5. The van der Waals surface area contributed by atoms with Gasteiger partial charge in [-0.2, -0.15) is 0 Å². The maximum Gasteiger partial charge on any atom is 0.238 e. The van der Waals surface area contributed by atoms with E-state index in [0.717, 1.165) is 16.4 Å². The second kappa shape index (κ2) is 8.17. The van der Waals surface area contributed by atoms with Crippen molar-refractivity contribution in [3.05, 3.63) is 60.8 Å². The highest BCUT2D eigenvalue weighted by Crippen LogP contribution is 2.28. The molecule has 1 aromatic heterocycles. The molecule has 1 heterocycles. The number of carbonyl (C=O) groups excluding carboxylic acids is 1. The van der Waals surface area contributed by atoms with E-state index < -0.39 is 15.3 Å². The molecule has 0 unspecified atom stereocenters. The number of rotatable bonds is 6. The van der Waals surface area contributed by atoms with Crippen LogP contribution in [0.25, 0.3) is 11.3 Å². The fraction of sp³-hybridized carbons (Fsp3) is 0.158. The van der Waals surface area contributed by atoms with Crippen LogP contribution in [0.2, 0.25) is 0 Å². The number of nitrogens with zero attached hydrogens (tertiary/aromatic N) is 2. The Kier molecular flexibility index (Phi) is 5.87. The zero-order valence-electron chi connectivity index (χ0n) is 15.4. The topological polar surface area (TPSA) is 107 Å². The lowest BCUT2D eigenvalue weighted by Crippen LogP contribution is -2.23. The van der Waals surface area contributed by atoms with Gasteiger partial charge in [-0.15, -0.1) is 0 Å². The summed E-state index contributed by atoms with van der Waals surface area (Å²) in [6.45, 7) is 1.79. The number of thioether (sulfide) groups is 1. The largest absolute Gasteiger partial charge is 0.325 e. The number of sulfonamides is 1. The van der Waals surface area contributed by atoms with Gasteiger partial charge in [-0.25, -0.2) is 18.5 Å². The maximum absolute atomic E-state index is 12.5. The molecule has 2 aromatic carbocycles. The zero-order valence-corrected chi connectivity index (χ0v) is 17.0. The third-order valence-corrected chi connectivity index (χ3v) is 6.20. The summed E-state index contributed by atoms with van der Waals surface area (Å²) in [5, 5.41) is 8.17. The van der Waals surface area contributed by atoms with E-state index in [0.29, 0.717) is 5.69 Å². The van der Waals surface area contributed by atoms with Gasteiger partial charge >= 0.3 is 0 Å². The van der Waals surface area contributed by atoms with Gasteiger partial charge in [-0.1, -0.05) is 42.1 Å². The van der Waals surface area contributed by atoms with Gasteiger partial charge in [0.15, 0.2) is 5.16 Å². The normalized spacial score (nSPS) is 12.5. The average Bonchev–Trinajstić information content (AvgIpc) is 3.02. The van der Waals surface area contributed by atoms with Gasteiger partial charge in [0.2, 0.25) is 15.9 Å². The van der Waals surface area contributed by atoms with Crippen molar-refractivity contribution in [1.82, 2.24) is 9.55 Å². The molecule has 1 atom stereocenters. The first-order chi connectivity index (χ1) is 13.3. The smallest absolute Gasteiger partial charge is 0.238 e. The molecule has 3 rings (SSSR count). The highest BCUT2D eigenvalue weighted by molar-refractivity contribution is 8.00. The van der Waals surface area contributed by atoms with Crippen LogP contribution in [0.5, 0.6) is 0 Å². The molecule has 0 saturated carbocycles. The lowest BCUT2D eigenvalue weighted by atomic mass is 10.2. The third kappa shape index (κ3) is 4.61. The zero-order chi connectivity index (χ0) is 20.3. The van der Waals surface area contributed by atoms with Gasteiger partial charge in [0, 0.05) is 12.7 Å². The number of hydrogen-bond acceptors (Lipinski definition) is 5. The summed E-state index contributed by atoms with van der Waals surface area (Å²) in [5.41, 5.74) is 2.51. The second-order valence-corrected chi connectivity index (χ2v) is 9.04. The average molecular weight is 417 g/mol. The fourth-order valence-corrected chi connectivity index (χ4v) is 3.93. The molecular weight excluding hydrogens is 396 g/mol. The van der Waals surface area contributed by atoms with Gasteiger partial charge in [-0.3, -0.25) is 4.79 Å². The predicted molar refractivity (Wildman–Crippen MR) is 110 cm³/mol. The second-order valence-electron chi connectivity index (χ2n) is 6.17. The van der Waals surface area contributed by atoms with E-state index in [4.69, 9.17) is 5.14 Å². The number of imidazole rings is 1. The van der Waals surface area contributed by atoms with Gasteiger partial charge in [0.1, 0.15) is 0 Å². The van der Waals surface area contributed by atoms with Crippen LogP contribution in [-0.4, -0.2) is 29.1 Å². The maximum atomic E-state index is 12.5. The Morgan fingerprint density at radius 3 is 2.39 bits per heavy atom. The molecule has 0 radical (unpaired) electrons. The van der Waals surface area contributed by atoms with E-state index in [2.05, 4.69) is 10.3 Å². The van der Waals surface area contributed by atoms with Crippen LogP contribution in [0.3, 0.4) is 0 Å². The standard InChI is InChI=1S/C19H20N4O3S2/c1-13(18(24)22-15-8-10-16(11-9-15)28(20,25)26)27-19-21-12-17(23(19)2)14-6-4-3-5-7-14/h3-13H,1-2H3,(H,22,24)(H2,20,25,26)/t13-/m0/s1. The third-order valence-electron chi connectivity index (χ3n) is 4.12. The van der Waals surface area contributed by atoms with Gasteiger partial charge in [0.05, 0.1) is 22.0 Å². The number of aromatic nitrogens is 2. The van der Waals surface area contributed by atoms with Crippen LogP contribution in [0.4, 0.5) is 5.69 Å². The molecular formula is C19H20N4O3S2. The molecule has 0 aliphatic rings. The molecule has 0 saturated heterocycles. The van der Waals surface area contributed by atoms with Crippen LogP contribution >= 0.6 is 11.8 Å². The van der Waals surface area contributed by atoms with Gasteiger partial charge in [0.25, 0.3) is 0 Å². The molecule has 28 heavy (non-hydrogen) atoms. The first-order valence-electron chi connectivity index (χ1n) is 8.43. The van der Waals surface area contributed by atoms with Gasteiger partial charge in [-0.05, 0) is 36.8 Å². The number of benzene rings is 2. The minimum Gasteiger partial charge on any atom is -0.325 e. The summed E-state index contributed by atoms with van der Waals surface area (Å²) in [5.74, 6) is -0.211. The molecule has 146 valence electrons. The Bertz CT molecular complexity index is 1080.